The van der Waals surface area contributed by atoms with E-state index in [1.54, 1.807) is 24.5 Å². The molecule has 0 bridgehead atoms. The third kappa shape index (κ3) is 2.07. The lowest BCUT2D eigenvalue weighted by molar-refractivity contribution is 0.977. The minimum atomic E-state index is 0.293. The van der Waals surface area contributed by atoms with Crippen LogP contribution in [0.3, 0.4) is 0 Å². The number of rotatable bonds is 2. The fourth-order valence-corrected chi connectivity index (χ4v) is 2.83. The molecule has 3 aromatic rings. The molecule has 20 heavy (non-hydrogen) atoms. The molecule has 2 aromatic heterocycles. The molecule has 98 valence electrons. The summed E-state index contributed by atoms with van der Waals surface area (Å²) in [5.41, 5.74) is 3.22. The normalized spacial score (nSPS) is 10.7. The maximum Gasteiger partial charge on any atom is 0.129 e. The number of imidazole rings is 1. The van der Waals surface area contributed by atoms with Crippen LogP contribution in [0.1, 0.15) is 11.4 Å². The third-order valence-corrected chi connectivity index (χ3v) is 3.84. The Balaban J connectivity index is 2.31. The summed E-state index contributed by atoms with van der Waals surface area (Å²) < 4.78 is 2.79. The van der Waals surface area contributed by atoms with Crippen molar-refractivity contribution in [2.45, 2.75) is 5.88 Å². The Labute approximate surface area is 128 Å². The van der Waals surface area contributed by atoms with Crippen LogP contribution in [0.4, 0.5) is 0 Å². The van der Waals surface area contributed by atoms with E-state index in [4.69, 9.17) is 16.9 Å². The number of fused-ring (bicyclic) bond motifs is 1. The van der Waals surface area contributed by atoms with Gasteiger partial charge in [-0.2, -0.15) is 5.26 Å². The second-order valence-electron chi connectivity index (χ2n) is 4.14. The van der Waals surface area contributed by atoms with E-state index in [0.29, 0.717) is 11.4 Å². The lowest BCUT2D eigenvalue weighted by Gasteiger charge is -2.10. The van der Waals surface area contributed by atoms with Crippen molar-refractivity contribution in [3.63, 3.8) is 0 Å². The molecule has 0 aliphatic heterocycles. The van der Waals surface area contributed by atoms with Crippen molar-refractivity contribution in [1.82, 2.24) is 14.5 Å². The van der Waals surface area contributed by atoms with Gasteiger partial charge in [-0.15, -0.1) is 11.6 Å². The zero-order valence-electron chi connectivity index (χ0n) is 10.2. The molecule has 0 radical (unpaired) electrons. The van der Waals surface area contributed by atoms with E-state index < -0.39 is 0 Å². The van der Waals surface area contributed by atoms with E-state index in [9.17, 15) is 0 Å². The predicted octanol–water partition coefficient (Wildman–Crippen LogP) is 3.79. The summed E-state index contributed by atoms with van der Waals surface area (Å²) in [7, 11) is 0. The van der Waals surface area contributed by atoms with Gasteiger partial charge in [-0.1, -0.05) is 0 Å². The van der Waals surface area contributed by atoms with E-state index in [2.05, 4.69) is 32.0 Å². The van der Waals surface area contributed by atoms with Crippen LogP contribution in [0.15, 0.2) is 41.1 Å². The molecule has 1 aromatic carbocycles. The number of hydrogen-bond acceptors (Lipinski definition) is 3. The highest BCUT2D eigenvalue weighted by atomic mass is 79.9. The Morgan fingerprint density at radius 2 is 2.20 bits per heavy atom. The minimum absolute atomic E-state index is 0.293. The molecule has 0 unspecified atom stereocenters. The van der Waals surface area contributed by atoms with E-state index in [1.807, 2.05) is 16.7 Å². The van der Waals surface area contributed by atoms with Gasteiger partial charge in [0.15, 0.2) is 0 Å². The molecule has 0 saturated carbocycles. The van der Waals surface area contributed by atoms with Gasteiger partial charge in [-0.3, -0.25) is 9.55 Å². The molecule has 0 atom stereocenters. The average molecular weight is 348 g/mol. The largest absolute Gasteiger partial charge is 0.294 e. The van der Waals surface area contributed by atoms with Gasteiger partial charge >= 0.3 is 0 Å². The van der Waals surface area contributed by atoms with Crippen LogP contribution in [-0.2, 0) is 5.88 Å². The summed E-state index contributed by atoms with van der Waals surface area (Å²) in [5, 5.41) is 8.94. The van der Waals surface area contributed by atoms with Crippen molar-refractivity contribution < 1.29 is 0 Å². The molecule has 0 spiro atoms. The van der Waals surface area contributed by atoms with Crippen LogP contribution in [0.25, 0.3) is 16.7 Å². The summed E-state index contributed by atoms with van der Waals surface area (Å²) >= 11 is 9.49. The average Bonchev–Trinajstić information content (AvgIpc) is 2.85. The summed E-state index contributed by atoms with van der Waals surface area (Å²) in [4.78, 5) is 8.55. The van der Waals surface area contributed by atoms with Gasteiger partial charge in [0.1, 0.15) is 11.3 Å². The standard InChI is InChI=1S/C14H8BrClN4/c15-10-5-9(7-17)1-2-12(10)20-13-3-4-18-8-11(13)19-14(20)6-16/h1-5,8H,6H2. The Hall–Kier alpha value is -1.90. The maximum atomic E-state index is 8.94. The topological polar surface area (TPSA) is 54.5 Å². The molecule has 3 rings (SSSR count). The van der Waals surface area contributed by atoms with Crippen molar-refractivity contribution in [2.75, 3.05) is 0 Å². The molecule has 6 heteroatoms. The molecular weight excluding hydrogens is 340 g/mol. The number of hydrogen-bond donors (Lipinski definition) is 0. The molecule has 4 nitrogen and oxygen atoms in total. The smallest absolute Gasteiger partial charge is 0.129 e. The zero-order valence-corrected chi connectivity index (χ0v) is 12.6. The van der Waals surface area contributed by atoms with Crippen LogP contribution in [-0.4, -0.2) is 14.5 Å². The molecule has 0 saturated heterocycles. The van der Waals surface area contributed by atoms with Crippen molar-refractivity contribution in [2.24, 2.45) is 0 Å². The highest BCUT2D eigenvalue weighted by molar-refractivity contribution is 9.10. The predicted molar refractivity (Wildman–Crippen MR) is 80.8 cm³/mol. The summed E-state index contributed by atoms with van der Waals surface area (Å²) in [5.74, 6) is 1.03. The molecule has 0 amide bonds. The van der Waals surface area contributed by atoms with E-state index in [1.165, 1.54) is 0 Å². The van der Waals surface area contributed by atoms with Gasteiger partial charge < -0.3 is 0 Å². The van der Waals surface area contributed by atoms with Gasteiger partial charge in [0.25, 0.3) is 0 Å². The second-order valence-corrected chi connectivity index (χ2v) is 5.26. The highest BCUT2D eigenvalue weighted by Crippen LogP contribution is 2.28. The molecule has 0 aliphatic carbocycles. The quantitative estimate of drug-likeness (QED) is 0.663. The molecule has 2 heterocycles. The van der Waals surface area contributed by atoms with Crippen molar-refractivity contribution in [3.8, 4) is 11.8 Å². The third-order valence-electron chi connectivity index (χ3n) is 2.96. The molecule has 0 N–H and O–H groups in total. The Kier molecular flexibility index (Phi) is 3.43. The van der Waals surface area contributed by atoms with Crippen LogP contribution in [0.5, 0.6) is 0 Å². The fraction of sp³-hybridized carbons (Fsp3) is 0.0714. The lowest BCUT2D eigenvalue weighted by Crippen LogP contribution is -2.00. The number of nitrogens with zero attached hydrogens (tertiary/aromatic N) is 4. The zero-order chi connectivity index (χ0) is 14.1. The van der Waals surface area contributed by atoms with Gasteiger partial charge in [0, 0.05) is 10.7 Å². The van der Waals surface area contributed by atoms with Gasteiger partial charge in [0.2, 0.25) is 0 Å². The number of alkyl halides is 1. The van der Waals surface area contributed by atoms with Crippen molar-refractivity contribution in [3.05, 3.63) is 52.5 Å². The number of nitriles is 1. The van der Waals surface area contributed by atoms with E-state index >= 15 is 0 Å². The van der Waals surface area contributed by atoms with E-state index in [0.717, 1.165) is 27.0 Å². The summed E-state index contributed by atoms with van der Waals surface area (Å²) in [6, 6.07) is 9.43. The Morgan fingerprint density at radius 1 is 1.35 bits per heavy atom. The number of aromatic nitrogens is 3. The van der Waals surface area contributed by atoms with Crippen LogP contribution >= 0.6 is 27.5 Å². The van der Waals surface area contributed by atoms with Crippen LogP contribution in [0.2, 0.25) is 0 Å². The fourth-order valence-electron chi connectivity index (χ4n) is 2.10. The first-order chi connectivity index (χ1) is 9.74. The first-order valence-electron chi connectivity index (χ1n) is 5.82. The van der Waals surface area contributed by atoms with Crippen LogP contribution in [0, 0.1) is 11.3 Å². The number of halogens is 2. The highest BCUT2D eigenvalue weighted by Gasteiger charge is 2.14. The first kappa shape index (κ1) is 13.1. The Bertz CT molecular complexity index is 835. The number of benzene rings is 1. The monoisotopic (exact) mass is 346 g/mol. The summed E-state index contributed by atoms with van der Waals surface area (Å²) in [6.45, 7) is 0. The number of pyridine rings is 1. The minimum Gasteiger partial charge on any atom is -0.294 e. The van der Waals surface area contributed by atoms with Crippen molar-refractivity contribution in [1.29, 1.82) is 5.26 Å². The Morgan fingerprint density at radius 3 is 2.90 bits per heavy atom. The van der Waals surface area contributed by atoms with Gasteiger partial charge in [-0.25, -0.2) is 4.98 Å². The second kappa shape index (κ2) is 5.23. The molecular formula is C14H8BrClN4. The SMILES string of the molecule is N#Cc1ccc(-n2c(CCl)nc3cnccc32)c(Br)c1. The first-order valence-corrected chi connectivity index (χ1v) is 7.14. The van der Waals surface area contributed by atoms with Crippen LogP contribution < -0.4 is 0 Å². The van der Waals surface area contributed by atoms with Gasteiger partial charge in [-0.05, 0) is 40.2 Å². The van der Waals surface area contributed by atoms with E-state index in [-0.39, 0.29) is 0 Å². The van der Waals surface area contributed by atoms with Gasteiger partial charge in [0.05, 0.1) is 34.9 Å². The maximum absolute atomic E-state index is 8.94. The summed E-state index contributed by atoms with van der Waals surface area (Å²) in [6.07, 6.45) is 3.43. The molecule has 0 aliphatic rings. The lowest BCUT2D eigenvalue weighted by atomic mass is 10.2. The molecule has 0 fully saturated rings. The van der Waals surface area contributed by atoms with Crippen molar-refractivity contribution >= 4 is 38.6 Å².